The van der Waals surface area contributed by atoms with E-state index in [2.05, 4.69) is 13.8 Å². The number of nitrogens with one attached hydrogen (secondary N) is 1. The van der Waals surface area contributed by atoms with Gasteiger partial charge in [0.2, 0.25) is 0 Å². The van der Waals surface area contributed by atoms with E-state index in [0.717, 1.165) is 37.5 Å². The van der Waals surface area contributed by atoms with Gasteiger partial charge >= 0.3 is 5.97 Å². The number of rotatable bonds is 2. The van der Waals surface area contributed by atoms with E-state index < -0.39 is 0 Å². The standard InChI is InChI=1S/C26H41NO3/c1-17(28)30-19-9-11-25(2)18(15-19)7-8-20-21(25)10-12-26(3)22(20)16-23(24(26)29)27-13-5-4-6-14-27/h18-23H,4-16H2,1-3H3/p+1/t18-,19-,20-,21-,22+,23-,25-,26-/m0/s1. The molecule has 4 nitrogen and oxygen atoms in total. The van der Waals surface area contributed by atoms with E-state index in [9.17, 15) is 9.59 Å². The fraction of sp³-hybridized carbons (Fsp3) is 0.923. The van der Waals surface area contributed by atoms with Crippen molar-refractivity contribution in [3.05, 3.63) is 0 Å². The summed E-state index contributed by atoms with van der Waals surface area (Å²) < 4.78 is 5.62. The molecule has 0 unspecified atom stereocenters. The maximum absolute atomic E-state index is 13.7. The number of hydrogen-bond acceptors (Lipinski definition) is 3. The van der Waals surface area contributed by atoms with Crippen molar-refractivity contribution < 1.29 is 19.2 Å². The molecule has 0 aromatic heterocycles. The normalized spacial score (nSPS) is 49.1. The first-order chi connectivity index (χ1) is 14.3. The van der Waals surface area contributed by atoms with Crippen LogP contribution in [0.4, 0.5) is 0 Å². The average Bonchev–Trinajstić information content (AvgIpc) is 3.00. The summed E-state index contributed by atoms with van der Waals surface area (Å²) in [6.07, 6.45) is 13.4. The van der Waals surface area contributed by atoms with Gasteiger partial charge in [0.15, 0.2) is 5.78 Å². The van der Waals surface area contributed by atoms with Crippen molar-refractivity contribution in [1.82, 2.24) is 0 Å². The largest absolute Gasteiger partial charge is 0.463 e. The quantitative estimate of drug-likeness (QED) is 0.700. The van der Waals surface area contributed by atoms with Crippen molar-refractivity contribution in [3.63, 3.8) is 0 Å². The highest BCUT2D eigenvalue weighted by atomic mass is 16.5. The van der Waals surface area contributed by atoms with Crippen molar-refractivity contribution in [2.45, 2.75) is 104 Å². The molecule has 4 saturated carbocycles. The Morgan fingerprint density at radius 3 is 2.47 bits per heavy atom. The Labute approximate surface area is 182 Å². The number of fused-ring (bicyclic) bond motifs is 5. The minimum atomic E-state index is -0.124. The second-order valence-corrected chi connectivity index (χ2v) is 12.0. The lowest BCUT2D eigenvalue weighted by Gasteiger charge is -2.60. The molecule has 0 bridgehead atoms. The zero-order chi connectivity index (χ0) is 21.1. The molecule has 0 amide bonds. The van der Waals surface area contributed by atoms with Gasteiger partial charge in [-0.2, -0.15) is 0 Å². The monoisotopic (exact) mass is 416 g/mol. The molecule has 1 heterocycles. The topological polar surface area (TPSA) is 47.8 Å². The van der Waals surface area contributed by atoms with Crippen LogP contribution in [-0.4, -0.2) is 37.0 Å². The van der Waals surface area contributed by atoms with Gasteiger partial charge in [-0.1, -0.05) is 13.8 Å². The number of carbonyl (C=O) groups is 2. The van der Waals surface area contributed by atoms with E-state index in [0.29, 0.717) is 23.0 Å². The van der Waals surface area contributed by atoms with E-state index in [1.165, 1.54) is 58.0 Å². The minimum Gasteiger partial charge on any atom is -0.463 e. The molecule has 30 heavy (non-hydrogen) atoms. The number of esters is 1. The molecule has 1 aliphatic heterocycles. The van der Waals surface area contributed by atoms with Gasteiger partial charge in [0, 0.05) is 18.8 Å². The van der Waals surface area contributed by atoms with Crippen LogP contribution in [0.2, 0.25) is 0 Å². The van der Waals surface area contributed by atoms with Crippen LogP contribution in [-0.2, 0) is 14.3 Å². The Balaban J connectivity index is 1.35. The Kier molecular flexibility index (Phi) is 5.31. The number of likely N-dealkylation sites (tertiary alicyclic amines) is 1. The van der Waals surface area contributed by atoms with Crippen LogP contribution < -0.4 is 4.90 Å². The first-order valence-electron chi connectivity index (χ1n) is 12.9. The molecular formula is C26H42NO3+. The maximum atomic E-state index is 13.7. The number of quaternary nitrogens is 1. The van der Waals surface area contributed by atoms with Crippen LogP contribution in [0.15, 0.2) is 0 Å². The zero-order valence-corrected chi connectivity index (χ0v) is 19.4. The molecule has 1 saturated heterocycles. The second-order valence-electron chi connectivity index (χ2n) is 12.0. The smallest absolute Gasteiger partial charge is 0.302 e. The Bertz CT molecular complexity index is 700. The highest BCUT2D eigenvalue weighted by Crippen LogP contribution is 2.65. The SMILES string of the molecule is CC(=O)O[C@H]1CC[C@@]2(C)[C@@H](CC[C@@H]3[C@H]4C[C@H]([NH+]5CCCCC5)C(=O)[C@@]4(C)CC[C@@H]32)C1. The van der Waals surface area contributed by atoms with Gasteiger partial charge in [-0.25, -0.2) is 0 Å². The Morgan fingerprint density at radius 2 is 1.73 bits per heavy atom. The molecule has 1 N–H and O–H groups in total. The van der Waals surface area contributed by atoms with Gasteiger partial charge in [0.25, 0.3) is 0 Å². The van der Waals surface area contributed by atoms with Crippen LogP contribution in [0.1, 0.15) is 91.4 Å². The summed E-state index contributed by atoms with van der Waals surface area (Å²) in [5, 5.41) is 0. The third kappa shape index (κ3) is 3.19. The zero-order valence-electron chi connectivity index (χ0n) is 19.4. The fourth-order valence-corrected chi connectivity index (χ4v) is 9.09. The average molecular weight is 417 g/mol. The molecule has 0 spiro atoms. The molecular weight excluding hydrogens is 374 g/mol. The van der Waals surface area contributed by atoms with E-state index in [-0.39, 0.29) is 23.5 Å². The van der Waals surface area contributed by atoms with Crippen LogP contribution in [0.3, 0.4) is 0 Å². The van der Waals surface area contributed by atoms with Crippen LogP contribution in [0.5, 0.6) is 0 Å². The van der Waals surface area contributed by atoms with Crippen molar-refractivity contribution in [1.29, 1.82) is 0 Å². The highest BCUT2D eigenvalue weighted by Gasteiger charge is 2.64. The number of hydrogen-bond donors (Lipinski definition) is 1. The third-order valence-electron chi connectivity index (χ3n) is 10.7. The summed E-state index contributed by atoms with van der Waals surface area (Å²) in [6, 6.07) is 0.282. The maximum Gasteiger partial charge on any atom is 0.302 e. The number of Topliss-reactive ketones (excluding diaryl/α,β-unsaturated/α-hetero) is 1. The second kappa shape index (κ2) is 7.60. The van der Waals surface area contributed by atoms with Gasteiger partial charge in [-0.3, -0.25) is 9.59 Å². The summed E-state index contributed by atoms with van der Waals surface area (Å²) in [7, 11) is 0. The van der Waals surface area contributed by atoms with E-state index >= 15 is 0 Å². The summed E-state index contributed by atoms with van der Waals surface area (Å²) in [5.74, 6) is 3.27. The van der Waals surface area contributed by atoms with Gasteiger partial charge in [0.05, 0.1) is 13.1 Å². The molecule has 4 aliphatic carbocycles. The summed E-state index contributed by atoms with van der Waals surface area (Å²) in [6.45, 7) is 8.86. The summed E-state index contributed by atoms with van der Waals surface area (Å²) in [5.41, 5.74) is 0.314. The molecule has 0 radical (unpaired) electrons. The predicted octanol–water partition coefficient (Wildman–Crippen LogP) is 3.58. The van der Waals surface area contributed by atoms with Crippen LogP contribution in [0.25, 0.3) is 0 Å². The molecule has 0 aromatic rings. The summed E-state index contributed by atoms with van der Waals surface area (Å²) >= 11 is 0. The van der Waals surface area contributed by atoms with Gasteiger partial charge < -0.3 is 9.64 Å². The van der Waals surface area contributed by atoms with Gasteiger partial charge in [0.1, 0.15) is 12.1 Å². The molecule has 4 heteroatoms. The predicted molar refractivity (Wildman–Crippen MR) is 116 cm³/mol. The first-order valence-corrected chi connectivity index (χ1v) is 12.9. The number of ether oxygens (including phenoxy) is 1. The lowest BCUT2D eigenvalue weighted by molar-refractivity contribution is -0.920. The molecule has 8 atom stereocenters. The lowest BCUT2D eigenvalue weighted by atomic mass is 9.45. The third-order valence-corrected chi connectivity index (χ3v) is 10.7. The van der Waals surface area contributed by atoms with Crippen molar-refractivity contribution in [2.75, 3.05) is 13.1 Å². The lowest BCUT2D eigenvalue weighted by Crippen LogP contribution is -3.17. The molecule has 5 aliphatic rings. The van der Waals surface area contributed by atoms with Crippen molar-refractivity contribution >= 4 is 11.8 Å². The minimum absolute atomic E-state index is 0.0611. The number of piperidine rings is 1. The fourth-order valence-electron chi connectivity index (χ4n) is 9.09. The molecule has 5 rings (SSSR count). The Morgan fingerprint density at radius 1 is 0.967 bits per heavy atom. The van der Waals surface area contributed by atoms with Crippen LogP contribution in [0, 0.1) is 34.5 Å². The van der Waals surface area contributed by atoms with Crippen molar-refractivity contribution in [2.24, 2.45) is 34.5 Å². The molecule has 5 fully saturated rings. The van der Waals surface area contributed by atoms with Crippen LogP contribution >= 0.6 is 0 Å². The highest BCUT2D eigenvalue weighted by molar-refractivity contribution is 5.91. The van der Waals surface area contributed by atoms with E-state index in [1.54, 1.807) is 11.8 Å². The van der Waals surface area contributed by atoms with E-state index in [4.69, 9.17) is 4.74 Å². The summed E-state index contributed by atoms with van der Waals surface area (Å²) in [4.78, 5) is 26.8. The number of carbonyl (C=O) groups excluding carboxylic acids is 2. The van der Waals surface area contributed by atoms with E-state index in [1.807, 2.05) is 0 Å². The molecule has 168 valence electrons. The van der Waals surface area contributed by atoms with Gasteiger partial charge in [-0.15, -0.1) is 0 Å². The molecule has 0 aromatic carbocycles. The number of ketones is 1. The van der Waals surface area contributed by atoms with Crippen molar-refractivity contribution in [3.8, 4) is 0 Å². The van der Waals surface area contributed by atoms with Gasteiger partial charge in [-0.05, 0) is 93.3 Å². The Hall–Kier alpha value is -0.900. The first kappa shape index (κ1) is 21.0.